The van der Waals surface area contributed by atoms with Gasteiger partial charge in [0, 0.05) is 19.2 Å². The summed E-state index contributed by atoms with van der Waals surface area (Å²) in [5.74, 6) is 0.0233. The Hall–Kier alpha value is -1.66. The number of aryl methyl sites for hydroxylation is 1. The van der Waals surface area contributed by atoms with E-state index in [1.807, 2.05) is 6.92 Å². The Morgan fingerprint density at radius 3 is 2.86 bits per heavy atom. The van der Waals surface area contributed by atoms with Crippen LogP contribution >= 0.6 is 12.4 Å². The molecule has 1 fully saturated rings. The maximum absolute atomic E-state index is 12.5. The monoisotopic (exact) mass is 313 g/mol. The fraction of sp³-hybridized carbons (Fsp3) is 0.500. The van der Waals surface area contributed by atoms with Gasteiger partial charge in [-0.3, -0.25) is 14.9 Å². The molecule has 21 heavy (non-hydrogen) atoms. The Morgan fingerprint density at radius 1 is 1.52 bits per heavy atom. The minimum atomic E-state index is -0.503. The first-order valence-corrected chi connectivity index (χ1v) is 6.77. The van der Waals surface area contributed by atoms with E-state index in [9.17, 15) is 14.9 Å². The number of nitrogens with zero attached hydrogens (tertiary/aromatic N) is 2. The predicted molar refractivity (Wildman–Crippen MR) is 82.8 cm³/mol. The van der Waals surface area contributed by atoms with E-state index >= 15 is 0 Å². The zero-order valence-electron chi connectivity index (χ0n) is 11.9. The smallest absolute Gasteiger partial charge is 0.282 e. The second-order valence-corrected chi connectivity index (χ2v) is 5.27. The molecule has 1 atom stereocenters. The first-order chi connectivity index (χ1) is 9.52. The number of hydrogen-bond donors (Lipinski definition) is 1. The molecule has 0 aliphatic carbocycles. The molecule has 1 heterocycles. The molecule has 0 spiro atoms. The third kappa shape index (κ3) is 3.92. The van der Waals surface area contributed by atoms with Gasteiger partial charge in [0.15, 0.2) is 0 Å². The second kappa shape index (κ2) is 7.38. The normalized spacial score (nSPS) is 18.0. The van der Waals surface area contributed by atoms with Crippen LogP contribution in [0.5, 0.6) is 0 Å². The van der Waals surface area contributed by atoms with Crippen molar-refractivity contribution in [1.29, 1.82) is 0 Å². The summed E-state index contributed by atoms with van der Waals surface area (Å²) in [5, 5.41) is 11.1. The number of hydrogen-bond acceptors (Lipinski definition) is 4. The minimum Gasteiger partial charge on any atom is -0.338 e. The van der Waals surface area contributed by atoms with E-state index in [2.05, 4.69) is 0 Å². The molecule has 1 unspecified atom stereocenters. The van der Waals surface area contributed by atoms with Crippen LogP contribution in [0, 0.1) is 23.0 Å². The lowest BCUT2D eigenvalue weighted by Crippen LogP contribution is -2.42. The first-order valence-electron chi connectivity index (χ1n) is 6.77. The van der Waals surface area contributed by atoms with Crippen LogP contribution < -0.4 is 5.73 Å². The van der Waals surface area contributed by atoms with Crippen molar-refractivity contribution in [2.75, 3.05) is 19.6 Å². The third-order valence-electron chi connectivity index (χ3n) is 3.72. The highest BCUT2D eigenvalue weighted by Crippen LogP contribution is 2.24. The SMILES string of the molecule is Cc1ccc([N+](=O)[O-])c(C(=O)N2CCCC(CN)C2)c1.Cl. The number of nitro benzene ring substituents is 1. The van der Waals surface area contributed by atoms with Crippen molar-refractivity contribution < 1.29 is 9.72 Å². The average molecular weight is 314 g/mol. The number of likely N-dealkylation sites (tertiary alicyclic amines) is 1. The number of rotatable bonds is 3. The lowest BCUT2D eigenvalue weighted by atomic mass is 9.97. The largest absolute Gasteiger partial charge is 0.338 e. The average Bonchev–Trinajstić information content (AvgIpc) is 2.46. The number of halogens is 1. The molecule has 1 aromatic rings. The number of amides is 1. The Kier molecular flexibility index (Phi) is 6.11. The maximum atomic E-state index is 12.5. The summed E-state index contributed by atoms with van der Waals surface area (Å²) in [6.45, 7) is 3.58. The molecule has 1 saturated heterocycles. The number of nitrogens with two attached hydrogens (primary N) is 1. The Morgan fingerprint density at radius 2 is 2.24 bits per heavy atom. The summed E-state index contributed by atoms with van der Waals surface area (Å²) in [5.41, 5.74) is 6.54. The fourth-order valence-electron chi connectivity index (χ4n) is 2.59. The van der Waals surface area contributed by atoms with E-state index in [1.165, 1.54) is 6.07 Å². The Balaban J connectivity index is 0.00000220. The van der Waals surface area contributed by atoms with E-state index in [0.29, 0.717) is 19.6 Å². The molecule has 1 amide bonds. The molecule has 1 aromatic carbocycles. The third-order valence-corrected chi connectivity index (χ3v) is 3.72. The number of nitro groups is 1. The van der Waals surface area contributed by atoms with E-state index in [-0.39, 0.29) is 35.5 Å². The standard InChI is InChI=1S/C14H19N3O3.ClH/c1-10-4-5-13(17(19)20)12(7-10)14(18)16-6-2-3-11(8-15)9-16;/h4-5,7,11H,2-3,6,8-9,15H2,1H3;1H. The topological polar surface area (TPSA) is 89.5 Å². The Bertz CT molecular complexity index is 536. The van der Waals surface area contributed by atoms with Gasteiger partial charge in [-0.1, -0.05) is 6.07 Å². The molecule has 0 bridgehead atoms. The maximum Gasteiger partial charge on any atom is 0.282 e. The van der Waals surface area contributed by atoms with Crippen LogP contribution in [0.3, 0.4) is 0 Å². The molecule has 0 radical (unpaired) electrons. The van der Waals surface area contributed by atoms with Gasteiger partial charge in [-0.15, -0.1) is 12.4 Å². The zero-order chi connectivity index (χ0) is 14.7. The van der Waals surface area contributed by atoms with Crippen LogP contribution in [0.1, 0.15) is 28.8 Å². The van der Waals surface area contributed by atoms with Gasteiger partial charge >= 0.3 is 0 Å². The lowest BCUT2D eigenvalue weighted by Gasteiger charge is -2.32. The highest BCUT2D eigenvalue weighted by Gasteiger charge is 2.28. The molecular formula is C14H20ClN3O3. The summed E-state index contributed by atoms with van der Waals surface area (Å²) < 4.78 is 0. The van der Waals surface area contributed by atoms with Gasteiger partial charge in [-0.2, -0.15) is 0 Å². The van der Waals surface area contributed by atoms with Crippen LogP contribution in [0.15, 0.2) is 18.2 Å². The lowest BCUT2D eigenvalue weighted by molar-refractivity contribution is -0.385. The molecule has 116 valence electrons. The van der Waals surface area contributed by atoms with Crippen molar-refractivity contribution in [2.24, 2.45) is 11.7 Å². The van der Waals surface area contributed by atoms with Crippen molar-refractivity contribution in [2.45, 2.75) is 19.8 Å². The van der Waals surface area contributed by atoms with Gasteiger partial charge in [-0.05, 0) is 43.9 Å². The van der Waals surface area contributed by atoms with Crippen LogP contribution in [0.2, 0.25) is 0 Å². The molecule has 2 N–H and O–H groups in total. The summed E-state index contributed by atoms with van der Waals surface area (Å²) >= 11 is 0. The number of benzene rings is 1. The Labute approximate surface area is 129 Å². The summed E-state index contributed by atoms with van der Waals surface area (Å²) in [7, 11) is 0. The van der Waals surface area contributed by atoms with Crippen LogP contribution in [0.4, 0.5) is 5.69 Å². The molecule has 0 aromatic heterocycles. The van der Waals surface area contributed by atoms with Gasteiger partial charge < -0.3 is 10.6 Å². The van der Waals surface area contributed by atoms with E-state index in [1.54, 1.807) is 17.0 Å². The van der Waals surface area contributed by atoms with Gasteiger partial charge in [0.1, 0.15) is 5.56 Å². The quantitative estimate of drug-likeness (QED) is 0.684. The summed E-state index contributed by atoms with van der Waals surface area (Å²) in [4.78, 5) is 24.8. The van der Waals surface area contributed by atoms with Crippen molar-refractivity contribution in [3.63, 3.8) is 0 Å². The van der Waals surface area contributed by atoms with Gasteiger partial charge in [0.2, 0.25) is 0 Å². The van der Waals surface area contributed by atoms with Crippen molar-refractivity contribution in [1.82, 2.24) is 4.90 Å². The van der Waals surface area contributed by atoms with Gasteiger partial charge in [-0.25, -0.2) is 0 Å². The van der Waals surface area contributed by atoms with Crippen LogP contribution in [0.25, 0.3) is 0 Å². The molecule has 2 rings (SSSR count). The van der Waals surface area contributed by atoms with Crippen LogP contribution in [-0.2, 0) is 0 Å². The summed E-state index contributed by atoms with van der Waals surface area (Å²) in [6.07, 6.45) is 1.91. The number of piperidine rings is 1. The van der Waals surface area contributed by atoms with E-state index in [0.717, 1.165) is 18.4 Å². The van der Waals surface area contributed by atoms with Crippen molar-refractivity contribution >= 4 is 24.0 Å². The van der Waals surface area contributed by atoms with Crippen molar-refractivity contribution in [3.8, 4) is 0 Å². The zero-order valence-corrected chi connectivity index (χ0v) is 12.8. The van der Waals surface area contributed by atoms with Gasteiger partial charge in [0.05, 0.1) is 4.92 Å². The molecule has 6 nitrogen and oxygen atoms in total. The summed E-state index contributed by atoms with van der Waals surface area (Å²) in [6, 6.07) is 4.63. The molecule has 1 aliphatic heterocycles. The first kappa shape index (κ1) is 17.4. The van der Waals surface area contributed by atoms with Crippen LogP contribution in [-0.4, -0.2) is 35.4 Å². The molecule has 7 heteroatoms. The highest BCUT2D eigenvalue weighted by molar-refractivity contribution is 5.98. The second-order valence-electron chi connectivity index (χ2n) is 5.27. The number of carbonyl (C=O) groups excluding carboxylic acids is 1. The van der Waals surface area contributed by atoms with E-state index < -0.39 is 4.92 Å². The fourth-order valence-corrected chi connectivity index (χ4v) is 2.59. The van der Waals surface area contributed by atoms with E-state index in [4.69, 9.17) is 5.73 Å². The minimum absolute atomic E-state index is 0. The predicted octanol–water partition coefficient (Wildman–Crippen LogP) is 2.14. The molecular weight excluding hydrogens is 294 g/mol. The van der Waals surface area contributed by atoms with Crippen molar-refractivity contribution in [3.05, 3.63) is 39.4 Å². The molecule has 1 aliphatic rings. The van der Waals surface area contributed by atoms with Gasteiger partial charge in [0.25, 0.3) is 11.6 Å². The number of carbonyl (C=O) groups is 1. The molecule has 0 saturated carbocycles. The highest BCUT2D eigenvalue weighted by atomic mass is 35.5.